The molecule has 1 atom stereocenters. The molecular formula is C24H26N2O6. The van der Waals surface area contributed by atoms with Crippen molar-refractivity contribution in [2.24, 2.45) is 0 Å². The van der Waals surface area contributed by atoms with E-state index in [1.807, 2.05) is 36.4 Å². The number of nitrogens with one attached hydrogen (secondary N) is 2. The number of hydrogen-bond acceptors (Lipinski definition) is 5. The average Bonchev–Trinajstić information content (AvgIpc) is 3.11. The van der Waals surface area contributed by atoms with Gasteiger partial charge < -0.3 is 25.2 Å². The van der Waals surface area contributed by atoms with Crippen LogP contribution in [-0.2, 0) is 19.1 Å². The SMILES string of the molecule is COC(CNC(=O)OCC1c2ccccc2-c2ccccc21)C(=O)NC/C=C(\C)C(=O)O. The molecule has 0 radical (unpaired) electrons. The smallest absolute Gasteiger partial charge is 0.407 e. The van der Waals surface area contributed by atoms with Crippen LogP contribution >= 0.6 is 0 Å². The largest absolute Gasteiger partial charge is 0.478 e. The quantitative estimate of drug-likeness (QED) is 0.519. The maximum atomic E-state index is 12.2. The van der Waals surface area contributed by atoms with Gasteiger partial charge in [0.25, 0.3) is 5.91 Å². The number of ether oxygens (including phenoxy) is 2. The number of methoxy groups -OCH3 is 1. The van der Waals surface area contributed by atoms with E-state index < -0.39 is 24.1 Å². The van der Waals surface area contributed by atoms with E-state index in [-0.39, 0.29) is 31.2 Å². The lowest BCUT2D eigenvalue weighted by atomic mass is 9.98. The Morgan fingerprint density at radius 1 is 1.03 bits per heavy atom. The Morgan fingerprint density at radius 2 is 1.62 bits per heavy atom. The van der Waals surface area contributed by atoms with Crippen molar-refractivity contribution in [3.63, 3.8) is 0 Å². The standard InChI is InChI=1S/C24H26N2O6/c1-15(23(28)29)11-12-25-22(27)21(31-2)13-26-24(30)32-14-20-18-9-5-3-7-16(18)17-8-4-6-10-19(17)20/h3-11,20-21H,12-14H2,1-2H3,(H,25,27)(H,26,30)(H,28,29)/b15-11+. The summed E-state index contributed by atoms with van der Waals surface area (Å²) in [5.74, 6) is -1.58. The number of alkyl carbamates (subject to hydrolysis) is 1. The molecule has 8 nitrogen and oxygen atoms in total. The van der Waals surface area contributed by atoms with Gasteiger partial charge in [0.2, 0.25) is 0 Å². The number of rotatable bonds is 9. The molecule has 0 heterocycles. The molecule has 0 saturated carbocycles. The van der Waals surface area contributed by atoms with Crippen LogP contribution in [0.1, 0.15) is 24.0 Å². The lowest BCUT2D eigenvalue weighted by Crippen LogP contribution is -2.44. The Morgan fingerprint density at radius 3 is 2.19 bits per heavy atom. The normalized spacial score (nSPS) is 13.6. The lowest BCUT2D eigenvalue weighted by molar-refractivity contribution is -0.133. The van der Waals surface area contributed by atoms with Crippen LogP contribution in [0, 0.1) is 0 Å². The number of fused-ring (bicyclic) bond motifs is 3. The summed E-state index contributed by atoms with van der Waals surface area (Å²) in [5, 5.41) is 13.9. The van der Waals surface area contributed by atoms with E-state index in [1.165, 1.54) is 20.1 Å². The predicted molar refractivity (Wildman–Crippen MR) is 118 cm³/mol. The third-order valence-corrected chi connectivity index (χ3v) is 5.37. The molecule has 0 fully saturated rings. The number of carbonyl (C=O) groups is 3. The molecule has 1 unspecified atom stereocenters. The fraction of sp³-hybridized carbons (Fsp3) is 0.292. The van der Waals surface area contributed by atoms with Gasteiger partial charge in [-0.2, -0.15) is 0 Å². The third-order valence-electron chi connectivity index (χ3n) is 5.37. The van der Waals surface area contributed by atoms with Gasteiger partial charge in [0.05, 0.1) is 6.54 Å². The van der Waals surface area contributed by atoms with Crippen LogP contribution in [0.2, 0.25) is 0 Å². The summed E-state index contributed by atoms with van der Waals surface area (Å²) in [5.41, 5.74) is 4.62. The van der Waals surface area contributed by atoms with Crippen molar-refractivity contribution in [3.05, 3.63) is 71.3 Å². The zero-order valence-electron chi connectivity index (χ0n) is 18.0. The minimum atomic E-state index is -1.06. The first kappa shape index (κ1) is 23.0. The van der Waals surface area contributed by atoms with Crippen molar-refractivity contribution < 1.29 is 29.0 Å². The lowest BCUT2D eigenvalue weighted by Gasteiger charge is -2.17. The van der Waals surface area contributed by atoms with E-state index >= 15 is 0 Å². The summed E-state index contributed by atoms with van der Waals surface area (Å²) in [4.78, 5) is 35.2. The summed E-state index contributed by atoms with van der Waals surface area (Å²) in [6, 6.07) is 16.1. The summed E-state index contributed by atoms with van der Waals surface area (Å²) >= 11 is 0. The van der Waals surface area contributed by atoms with Gasteiger partial charge in [0.1, 0.15) is 6.61 Å². The first-order chi connectivity index (χ1) is 15.4. The van der Waals surface area contributed by atoms with Gasteiger partial charge in [-0.1, -0.05) is 54.6 Å². The maximum Gasteiger partial charge on any atom is 0.407 e. The molecule has 0 aromatic heterocycles. The number of aliphatic carboxylic acids is 1. The average molecular weight is 438 g/mol. The molecule has 1 aliphatic carbocycles. The van der Waals surface area contributed by atoms with Gasteiger partial charge in [-0.05, 0) is 29.2 Å². The van der Waals surface area contributed by atoms with Crippen LogP contribution in [0.25, 0.3) is 11.1 Å². The van der Waals surface area contributed by atoms with Gasteiger partial charge >= 0.3 is 12.1 Å². The van der Waals surface area contributed by atoms with Crippen molar-refractivity contribution >= 4 is 18.0 Å². The molecule has 1 aliphatic rings. The number of carboxylic acids is 1. The molecule has 2 aromatic carbocycles. The molecule has 168 valence electrons. The van der Waals surface area contributed by atoms with Crippen molar-refractivity contribution in [3.8, 4) is 11.1 Å². The Hall–Kier alpha value is -3.65. The Balaban J connectivity index is 1.51. The number of benzene rings is 2. The van der Waals surface area contributed by atoms with Crippen molar-refractivity contribution in [2.45, 2.75) is 18.9 Å². The number of hydrogen-bond donors (Lipinski definition) is 3. The van der Waals surface area contributed by atoms with Crippen LogP contribution < -0.4 is 10.6 Å². The minimum Gasteiger partial charge on any atom is -0.478 e. The third kappa shape index (κ3) is 5.33. The van der Waals surface area contributed by atoms with E-state index in [0.717, 1.165) is 22.3 Å². The van der Waals surface area contributed by atoms with Crippen LogP contribution in [0.5, 0.6) is 0 Å². The van der Waals surface area contributed by atoms with E-state index in [4.69, 9.17) is 14.6 Å². The van der Waals surface area contributed by atoms with Crippen molar-refractivity contribution in [1.29, 1.82) is 0 Å². The number of carboxylic acid groups (broad SMARTS) is 1. The van der Waals surface area contributed by atoms with E-state index in [1.54, 1.807) is 0 Å². The Labute approximate surface area is 186 Å². The molecule has 3 rings (SSSR count). The highest BCUT2D eigenvalue weighted by Crippen LogP contribution is 2.44. The van der Waals surface area contributed by atoms with Crippen LogP contribution in [-0.4, -0.2) is 56.0 Å². The molecule has 0 bridgehead atoms. The van der Waals surface area contributed by atoms with Crippen LogP contribution in [0.3, 0.4) is 0 Å². The molecule has 2 amide bonds. The number of carbonyl (C=O) groups excluding carboxylic acids is 2. The second kappa shape index (κ2) is 10.6. The van der Waals surface area contributed by atoms with E-state index in [0.29, 0.717) is 0 Å². The first-order valence-corrected chi connectivity index (χ1v) is 10.2. The fourth-order valence-corrected chi connectivity index (χ4v) is 3.61. The van der Waals surface area contributed by atoms with Crippen LogP contribution in [0.4, 0.5) is 4.79 Å². The van der Waals surface area contributed by atoms with Crippen LogP contribution in [0.15, 0.2) is 60.2 Å². The van der Waals surface area contributed by atoms with Gasteiger partial charge in [-0.25, -0.2) is 9.59 Å². The van der Waals surface area contributed by atoms with E-state index in [9.17, 15) is 14.4 Å². The summed E-state index contributed by atoms with van der Waals surface area (Å²) in [7, 11) is 1.35. The highest BCUT2D eigenvalue weighted by Gasteiger charge is 2.29. The van der Waals surface area contributed by atoms with Gasteiger partial charge in [0, 0.05) is 25.1 Å². The number of amides is 2. The highest BCUT2D eigenvalue weighted by molar-refractivity contribution is 5.86. The monoisotopic (exact) mass is 438 g/mol. The van der Waals surface area contributed by atoms with Gasteiger partial charge in [-0.3, -0.25) is 4.79 Å². The van der Waals surface area contributed by atoms with E-state index in [2.05, 4.69) is 22.8 Å². The van der Waals surface area contributed by atoms with Gasteiger partial charge in [0.15, 0.2) is 6.10 Å². The molecule has 0 aliphatic heterocycles. The molecule has 0 saturated heterocycles. The fourth-order valence-electron chi connectivity index (χ4n) is 3.61. The Bertz CT molecular complexity index is 987. The summed E-state index contributed by atoms with van der Waals surface area (Å²) in [6.45, 7) is 1.56. The topological polar surface area (TPSA) is 114 Å². The highest BCUT2D eigenvalue weighted by atomic mass is 16.5. The zero-order chi connectivity index (χ0) is 23.1. The second-order valence-corrected chi connectivity index (χ2v) is 7.37. The summed E-state index contributed by atoms with van der Waals surface area (Å²) in [6.07, 6.45) is -0.205. The zero-order valence-corrected chi connectivity index (χ0v) is 18.0. The van der Waals surface area contributed by atoms with Crippen molar-refractivity contribution in [2.75, 3.05) is 26.8 Å². The van der Waals surface area contributed by atoms with Gasteiger partial charge in [-0.15, -0.1) is 0 Å². The molecule has 0 spiro atoms. The summed E-state index contributed by atoms with van der Waals surface area (Å²) < 4.78 is 10.6. The molecule has 8 heteroatoms. The Kier molecular flexibility index (Phi) is 7.62. The minimum absolute atomic E-state index is 0.0434. The first-order valence-electron chi connectivity index (χ1n) is 10.2. The molecule has 32 heavy (non-hydrogen) atoms. The molecule has 3 N–H and O–H groups in total. The molecule has 2 aromatic rings. The predicted octanol–water partition coefficient (Wildman–Crippen LogP) is 2.69. The van der Waals surface area contributed by atoms with Crippen molar-refractivity contribution in [1.82, 2.24) is 10.6 Å². The maximum absolute atomic E-state index is 12.2. The molecular weight excluding hydrogens is 412 g/mol. The second-order valence-electron chi connectivity index (χ2n) is 7.37.